The van der Waals surface area contributed by atoms with Crippen LogP contribution in [0.5, 0.6) is 0 Å². The molecule has 0 bridgehead atoms. The van der Waals surface area contributed by atoms with Gasteiger partial charge in [-0.05, 0) is 19.1 Å². The van der Waals surface area contributed by atoms with E-state index in [1.54, 1.807) is 10.7 Å². The van der Waals surface area contributed by atoms with Crippen molar-refractivity contribution >= 4 is 17.6 Å². The van der Waals surface area contributed by atoms with Crippen molar-refractivity contribution in [2.45, 2.75) is 6.92 Å². The predicted octanol–water partition coefficient (Wildman–Crippen LogP) is 2.42. The normalized spacial score (nSPS) is 13.0. The van der Waals surface area contributed by atoms with Gasteiger partial charge in [0.2, 0.25) is 0 Å². The van der Waals surface area contributed by atoms with Crippen molar-refractivity contribution in [3.05, 3.63) is 41.6 Å². The summed E-state index contributed by atoms with van der Waals surface area (Å²) in [5, 5.41) is 16.9. The van der Waals surface area contributed by atoms with Crippen LogP contribution >= 0.6 is 0 Å². The lowest BCUT2D eigenvalue weighted by atomic mass is 10.1. The van der Waals surface area contributed by atoms with E-state index in [0.717, 1.165) is 29.2 Å². The first kappa shape index (κ1) is 10.9. The summed E-state index contributed by atoms with van der Waals surface area (Å²) >= 11 is 0. The molecule has 0 spiro atoms. The molecule has 92 valence electrons. The van der Waals surface area contributed by atoms with Crippen molar-refractivity contribution in [3.8, 4) is 5.69 Å². The maximum Gasteiger partial charge on any atom is 0.153 e. The van der Waals surface area contributed by atoms with Gasteiger partial charge in [-0.2, -0.15) is 5.10 Å². The summed E-state index contributed by atoms with van der Waals surface area (Å²) in [5.41, 5.74) is 6.10. The predicted molar refractivity (Wildman–Crippen MR) is 71.2 cm³/mol. The smallest absolute Gasteiger partial charge is 0.153 e. The highest BCUT2D eigenvalue weighted by Crippen LogP contribution is 2.29. The van der Waals surface area contributed by atoms with Crippen LogP contribution in [-0.2, 0) is 0 Å². The van der Waals surface area contributed by atoms with Gasteiger partial charge in [-0.1, -0.05) is 18.2 Å². The molecule has 5 nitrogen and oxygen atoms in total. The van der Waals surface area contributed by atoms with Crippen LogP contribution in [0.25, 0.3) is 11.8 Å². The van der Waals surface area contributed by atoms with Crippen LogP contribution < -0.4 is 10.8 Å². The molecule has 18 heavy (non-hydrogen) atoms. The molecule has 0 unspecified atom stereocenters. The van der Waals surface area contributed by atoms with E-state index in [9.17, 15) is 0 Å². The molecule has 0 aliphatic carbocycles. The first-order valence-corrected chi connectivity index (χ1v) is 5.80. The average Bonchev–Trinajstić information content (AvgIpc) is 2.79. The van der Waals surface area contributed by atoms with Gasteiger partial charge in [-0.3, -0.25) is 10.7 Å². The van der Waals surface area contributed by atoms with Crippen LogP contribution in [0.2, 0.25) is 0 Å². The van der Waals surface area contributed by atoms with E-state index in [1.807, 2.05) is 25.1 Å². The van der Waals surface area contributed by atoms with Gasteiger partial charge in [0.25, 0.3) is 0 Å². The third-order valence-electron chi connectivity index (χ3n) is 2.95. The first-order valence-electron chi connectivity index (χ1n) is 5.80. The Kier molecular flexibility index (Phi) is 2.53. The van der Waals surface area contributed by atoms with E-state index < -0.39 is 0 Å². The fraction of sp³-hybridized carbons (Fsp3) is 0.154. The van der Waals surface area contributed by atoms with E-state index in [2.05, 4.69) is 28.0 Å². The minimum atomic E-state index is 0.555. The third kappa shape index (κ3) is 1.65. The molecule has 5 heteroatoms. The Bertz CT molecular complexity index is 615. The highest BCUT2D eigenvalue weighted by molar-refractivity contribution is 5.77. The first-order chi connectivity index (χ1) is 8.79. The Hall–Kier alpha value is -2.27. The molecule has 1 aromatic carbocycles. The van der Waals surface area contributed by atoms with Crippen LogP contribution in [0.15, 0.2) is 30.3 Å². The molecule has 0 amide bonds. The lowest BCUT2D eigenvalue weighted by Gasteiger charge is -2.17. The number of hydrogen-bond donors (Lipinski definition) is 3. The standard InChI is InChI=1S/C13H14N4O/c1-9-8-13(16-18)17(15-9)12-6-2-5-11-10(12)4-3-7-14-11/h2-6,8,14,16,18H,7H2,1H3. The maximum absolute atomic E-state index is 9.15. The molecule has 3 rings (SSSR count). The van der Waals surface area contributed by atoms with E-state index in [0.29, 0.717) is 5.82 Å². The van der Waals surface area contributed by atoms with Crippen LogP contribution in [0, 0.1) is 6.92 Å². The summed E-state index contributed by atoms with van der Waals surface area (Å²) in [6.07, 6.45) is 4.13. The summed E-state index contributed by atoms with van der Waals surface area (Å²) < 4.78 is 1.70. The zero-order valence-electron chi connectivity index (χ0n) is 10.0. The van der Waals surface area contributed by atoms with E-state index in [1.165, 1.54) is 0 Å². The molecule has 0 atom stereocenters. The molecule has 1 aliphatic heterocycles. The fourth-order valence-corrected chi connectivity index (χ4v) is 2.18. The minimum absolute atomic E-state index is 0.555. The summed E-state index contributed by atoms with van der Waals surface area (Å²) in [7, 11) is 0. The molecule has 0 saturated carbocycles. The fourth-order valence-electron chi connectivity index (χ4n) is 2.18. The number of aromatic nitrogens is 2. The Morgan fingerprint density at radius 3 is 3.17 bits per heavy atom. The Balaban J connectivity index is 2.20. The second-order valence-electron chi connectivity index (χ2n) is 4.22. The molecule has 0 radical (unpaired) electrons. The molecular weight excluding hydrogens is 228 g/mol. The van der Waals surface area contributed by atoms with E-state index in [-0.39, 0.29) is 0 Å². The summed E-state index contributed by atoms with van der Waals surface area (Å²) in [6.45, 7) is 2.72. The van der Waals surface area contributed by atoms with Crippen molar-refractivity contribution in [1.29, 1.82) is 0 Å². The topological polar surface area (TPSA) is 62.1 Å². The zero-order valence-corrected chi connectivity index (χ0v) is 10.0. The third-order valence-corrected chi connectivity index (χ3v) is 2.95. The minimum Gasteiger partial charge on any atom is -0.381 e. The van der Waals surface area contributed by atoms with Crippen molar-refractivity contribution in [3.63, 3.8) is 0 Å². The molecule has 2 aromatic rings. The monoisotopic (exact) mass is 242 g/mol. The molecule has 0 fully saturated rings. The molecule has 1 aliphatic rings. The zero-order chi connectivity index (χ0) is 12.5. The number of anilines is 2. The summed E-state index contributed by atoms with van der Waals surface area (Å²) in [6, 6.07) is 7.77. The van der Waals surface area contributed by atoms with E-state index in [4.69, 9.17) is 5.21 Å². The number of nitrogens with one attached hydrogen (secondary N) is 2. The number of rotatable bonds is 2. The molecule has 1 aromatic heterocycles. The van der Waals surface area contributed by atoms with Gasteiger partial charge < -0.3 is 5.32 Å². The Labute approximate surface area is 105 Å². The number of aryl methyl sites for hydroxylation is 1. The molecule has 0 saturated heterocycles. The van der Waals surface area contributed by atoms with Crippen molar-refractivity contribution in [1.82, 2.24) is 9.78 Å². The second-order valence-corrected chi connectivity index (χ2v) is 4.22. The summed E-state index contributed by atoms with van der Waals surface area (Å²) in [4.78, 5) is 0. The van der Waals surface area contributed by atoms with Crippen molar-refractivity contribution < 1.29 is 5.21 Å². The van der Waals surface area contributed by atoms with Gasteiger partial charge >= 0.3 is 0 Å². The van der Waals surface area contributed by atoms with Gasteiger partial charge in [-0.25, -0.2) is 4.68 Å². The van der Waals surface area contributed by atoms with Crippen LogP contribution in [0.1, 0.15) is 11.3 Å². The average molecular weight is 242 g/mol. The van der Waals surface area contributed by atoms with Crippen molar-refractivity contribution in [2.75, 3.05) is 17.3 Å². The highest BCUT2D eigenvalue weighted by Gasteiger charge is 2.13. The second kappa shape index (κ2) is 4.19. The number of nitrogens with zero attached hydrogens (tertiary/aromatic N) is 2. The lowest BCUT2D eigenvalue weighted by Crippen LogP contribution is -2.09. The number of fused-ring (bicyclic) bond motifs is 1. The van der Waals surface area contributed by atoms with Crippen LogP contribution in [-0.4, -0.2) is 21.5 Å². The SMILES string of the molecule is Cc1cc(NO)n(-c2cccc3c2C=CCN3)n1. The Morgan fingerprint density at radius 2 is 2.33 bits per heavy atom. The summed E-state index contributed by atoms with van der Waals surface area (Å²) in [5.74, 6) is 0.555. The van der Waals surface area contributed by atoms with Gasteiger partial charge in [0.15, 0.2) is 5.82 Å². The van der Waals surface area contributed by atoms with Crippen LogP contribution in [0.3, 0.4) is 0 Å². The Morgan fingerprint density at radius 1 is 1.44 bits per heavy atom. The van der Waals surface area contributed by atoms with Gasteiger partial charge in [0, 0.05) is 23.9 Å². The lowest BCUT2D eigenvalue weighted by molar-refractivity contribution is 0.383. The highest BCUT2D eigenvalue weighted by atomic mass is 16.5. The van der Waals surface area contributed by atoms with E-state index >= 15 is 0 Å². The van der Waals surface area contributed by atoms with Crippen LogP contribution in [0.4, 0.5) is 11.5 Å². The molecular formula is C13H14N4O. The quantitative estimate of drug-likeness (QED) is 0.708. The molecule has 3 N–H and O–H groups in total. The van der Waals surface area contributed by atoms with Gasteiger partial charge in [0.05, 0.1) is 11.4 Å². The maximum atomic E-state index is 9.15. The van der Waals surface area contributed by atoms with Gasteiger partial charge in [0.1, 0.15) is 0 Å². The van der Waals surface area contributed by atoms with Gasteiger partial charge in [-0.15, -0.1) is 0 Å². The molecule has 2 heterocycles. The largest absolute Gasteiger partial charge is 0.381 e. The number of hydrogen-bond acceptors (Lipinski definition) is 4. The number of benzene rings is 1. The van der Waals surface area contributed by atoms with Crippen molar-refractivity contribution in [2.24, 2.45) is 0 Å².